The molecule has 0 aromatic heterocycles. The first kappa shape index (κ1) is 28.0. The fraction of sp³-hybridized carbons (Fsp3) is 0.897. The molecule has 220 valence electrons. The molecular weight excluding hydrogens is 508 g/mol. The Labute approximate surface area is 229 Å². The van der Waals surface area contributed by atoms with Crippen LogP contribution in [0.25, 0.3) is 0 Å². The molecule has 10 nitrogen and oxygen atoms in total. The molecule has 0 amide bonds. The van der Waals surface area contributed by atoms with Crippen LogP contribution in [0.15, 0.2) is 11.6 Å². The van der Waals surface area contributed by atoms with Crippen molar-refractivity contribution in [2.45, 2.75) is 126 Å². The van der Waals surface area contributed by atoms with Gasteiger partial charge in [0.15, 0.2) is 6.29 Å². The highest BCUT2D eigenvalue weighted by atomic mass is 16.7. The topological polar surface area (TPSA) is 166 Å². The van der Waals surface area contributed by atoms with Crippen LogP contribution < -0.4 is 0 Å². The second-order valence-corrected chi connectivity index (χ2v) is 13.8. The predicted molar refractivity (Wildman–Crippen MR) is 136 cm³/mol. The van der Waals surface area contributed by atoms with E-state index in [1.54, 1.807) is 13.0 Å². The molecule has 6 N–H and O–H groups in total. The molecule has 0 radical (unpaired) electrons. The third-order valence-corrected chi connectivity index (χ3v) is 12.2. The molecule has 0 spiro atoms. The summed E-state index contributed by atoms with van der Waals surface area (Å²) < 4.78 is 16.9. The largest absolute Gasteiger partial charge is 0.458 e. The summed E-state index contributed by atoms with van der Waals surface area (Å²) in [6, 6.07) is 0. The number of ether oxygens (including phenoxy) is 3. The lowest BCUT2D eigenvalue weighted by atomic mass is 9.41. The average Bonchev–Trinajstić information content (AvgIpc) is 3.41. The number of fused-ring (bicyclic) bond motifs is 5. The van der Waals surface area contributed by atoms with Crippen molar-refractivity contribution < 1.29 is 49.6 Å². The number of esters is 1. The van der Waals surface area contributed by atoms with Gasteiger partial charge in [-0.05, 0) is 75.2 Å². The Hall–Kier alpha value is -1.11. The second kappa shape index (κ2) is 9.19. The molecule has 4 saturated carbocycles. The first-order valence-corrected chi connectivity index (χ1v) is 14.6. The number of aliphatic hydroxyl groups excluding tert-OH is 4. The molecule has 6 rings (SSSR count). The molecule has 2 aliphatic heterocycles. The van der Waals surface area contributed by atoms with E-state index in [1.165, 1.54) is 0 Å². The van der Waals surface area contributed by atoms with Crippen molar-refractivity contribution in [1.82, 2.24) is 0 Å². The van der Waals surface area contributed by atoms with Gasteiger partial charge in [0, 0.05) is 23.3 Å². The standard InChI is InChI=1S/C29H44O10/c1-14-22(32)23(33)24(34)25(38-14)39-16-4-7-26(2)21-18(5-8-28(26,35)11-16)29(36)9-6-17(15-10-20(31)37-13-15)27(29,3)12-19(21)30/h10,14,16-19,21-25,30,32-36H,4-9,11-13H2,1-3H3/t14-,16-,17+,18+,19+,21+,22-,23+,24+,25-,26+,27+,28-,29-/m0/s1. The van der Waals surface area contributed by atoms with Gasteiger partial charge in [-0.2, -0.15) is 0 Å². The first-order chi connectivity index (χ1) is 18.2. The number of carbonyl (C=O) groups excluding carboxylic acids is 1. The van der Waals surface area contributed by atoms with Crippen molar-refractivity contribution in [3.63, 3.8) is 0 Å². The monoisotopic (exact) mass is 552 g/mol. The number of hydrogen-bond acceptors (Lipinski definition) is 10. The molecule has 10 heteroatoms. The summed E-state index contributed by atoms with van der Waals surface area (Å²) in [6.45, 7) is 5.92. The van der Waals surface area contributed by atoms with Crippen molar-refractivity contribution in [2.24, 2.45) is 28.6 Å². The van der Waals surface area contributed by atoms with Crippen LogP contribution >= 0.6 is 0 Å². The molecular formula is C29H44O10. The van der Waals surface area contributed by atoms with E-state index in [9.17, 15) is 35.4 Å². The van der Waals surface area contributed by atoms with Crippen molar-refractivity contribution in [3.05, 3.63) is 11.6 Å². The van der Waals surface area contributed by atoms with Crippen LogP contribution in [0.3, 0.4) is 0 Å². The van der Waals surface area contributed by atoms with E-state index in [0.29, 0.717) is 38.5 Å². The number of cyclic esters (lactones) is 1. The van der Waals surface area contributed by atoms with Gasteiger partial charge in [-0.1, -0.05) is 13.8 Å². The van der Waals surface area contributed by atoms with Gasteiger partial charge in [-0.3, -0.25) is 0 Å². The van der Waals surface area contributed by atoms with Gasteiger partial charge < -0.3 is 44.8 Å². The Balaban J connectivity index is 1.22. The van der Waals surface area contributed by atoms with Gasteiger partial charge in [0.2, 0.25) is 0 Å². The van der Waals surface area contributed by atoms with Crippen LogP contribution in [0.2, 0.25) is 0 Å². The smallest absolute Gasteiger partial charge is 0.331 e. The normalized spacial score (nSPS) is 57.3. The van der Waals surface area contributed by atoms with E-state index in [0.717, 1.165) is 12.0 Å². The Bertz CT molecular complexity index is 1030. The minimum atomic E-state index is -1.41. The van der Waals surface area contributed by atoms with Gasteiger partial charge in [-0.15, -0.1) is 0 Å². The van der Waals surface area contributed by atoms with Crippen LogP contribution in [0, 0.1) is 28.6 Å². The van der Waals surface area contributed by atoms with E-state index in [4.69, 9.17) is 14.2 Å². The van der Waals surface area contributed by atoms with Crippen LogP contribution in [0.1, 0.15) is 72.1 Å². The molecule has 1 saturated heterocycles. The second-order valence-electron chi connectivity index (χ2n) is 13.8. The maximum Gasteiger partial charge on any atom is 0.331 e. The Kier molecular flexibility index (Phi) is 6.61. The van der Waals surface area contributed by atoms with E-state index in [2.05, 4.69) is 0 Å². The van der Waals surface area contributed by atoms with Crippen molar-refractivity contribution in [2.75, 3.05) is 6.61 Å². The van der Waals surface area contributed by atoms with Gasteiger partial charge >= 0.3 is 5.97 Å². The van der Waals surface area contributed by atoms with Crippen molar-refractivity contribution >= 4 is 5.97 Å². The molecule has 0 aromatic carbocycles. The first-order valence-electron chi connectivity index (χ1n) is 14.6. The summed E-state index contributed by atoms with van der Waals surface area (Å²) in [5, 5.41) is 66.9. The van der Waals surface area contributed by atoms with Crippen molar-refractivity contribution in [3.8, 4) is 0 Å². The highest BCUT2D eigenvalue weighted by Gasteiger charge is 2.72. The maximum absolute atomic E-state index is 12.4. The van der Waals surface area contributed by atoms with E-state index in [-0.39, 0.29) is 36.8 Å². The number of aliphatic hydroxyl groups is 6. The molecule has 2 heterocycles. The van der Waals surface area contributed by atoms with Crippen LogP contribution in [0.5, 0.6) is 0 Å². The summed E-state index contributed by atoms with van der Waals surface area (Å²) in [5.74, 6) is -0.893. The lowest BCUT2D eigenvalue weighted by Gasteiger charge is -2.67. The van der Waals surface area contributed by atoms with Crippen LogP contribution in [-0.2, 0) is 19.0 Å². The zero-order chi connectivity index (χ0) is 28.1. The molecule has 39 heavy (non-hydrogen) atoms. The van der Waals surface area contributed by atoms with Gasteiger partial charge in [0.1, 0.15) is 24.9 Å². The molecule has 5 fully saturated rings. The quantitative estimate of drug-likeness (QED) is 0.215. The highest BCUT2D eigenvalue weighted by molar-refractivity contribution is 5.85. The summed E-state index contributed by atoms with van der Waals surface area (Å²) >= 11 is 0. The zero-order valence-electron chi connectivity index (χ0n) is 23.0. The number of hydrogen-bond donors (Lipinski definition) is 6. The van der Waals surface area contributed by atoms with E-state index < -0.39 is 64.9 Å². The SMILES string of the molecule is C[C@@H]1O[C@@H](O[C@H]2CC[C@]3(C)[C@H]4[C@H](O)C[C@]5(C)[C@@H](C6=CC(=O)OC6)CC[C@]5(O)[C@@H]4CC[C@]3(O)C2)[C@H](O)[C@H](O)[C@H]1O. The van der Waals surface area contributed by atoms with Crippen molar-refractivity contribution in [1.29, 1.82) is 0 Å². The fourth-order valence-electron chi connectivity index (χ4n) is 9.89. The Morgan fingerprint density at radius 3 is 2.36 bits per heavy atom. The van der Waals surface area contributed by atoms with Gasteiger partial charge in [-0.25, -0.2) is 4.79 Å². The lowest BCUT2D eigenvalue weighted by Crippen LogP contribution is -2.71. The number of rotatable bonds is 3. The summed E-state index contributed by atoms with van der Waals surface area (Å²) in [7, 11) is 0. The third-order valence-electron chi connectivity index (χ3n) is 12.2. The van der Waals surface area contributed by atoms with E-state index >= 15 is 0 Å². The van der Waals surface area contributed by atoms with Crippen LogP contribution in [-0.4, -0.2) is 97.3 Å². The number of carbonyl (C=O) groups is 1. The molecule has 4 aliphatic carbocycles. The van der Waals surface area contributed by atoms with Gasteiger partial charge in [0.25, 0.3) is 0 Å². The predicted octanol–water partition coefficient (Wildman–Crippen LogP) is 0.542. The molecule has 14 atom stereocenters. The minimum absolute atomic E-state index is 0.0412. The average molecular weight is 553 g/mol. The molecule has 0 aromatic rings. The van der Waals surface area contributed by atoms with E-state index in [1.807, 2.05) is 13.8 Å². The third kappa shape index (κ3) is 3.86. The van der Waals surface area contributed by atoms with Crippen LogP contribution in [0.4, 0.5) is 0 Å². The highest BCUT2D eigenvalue weighted by Crippen LogP contribution is 2.70. The Morgan fingerprint density at radius 2 is 1.67 bits per heavy atom. The molecule has 6 aliphatic rings. The minimum Gasteiger partial charge on any atom is -0.458 e. The maximum atomic E-state index is 12.4. The molecule has 0 bridgehead atoms. The Morgan fingerprint density at radius 1 is 0.923 bits per heavy atom. The summed E-state index contributed by atoms with van der Waals surface area (Å²) in [5.41, 5.74) is -2.54. The summed E-state index contributed by atoms with van der Waals surface area (Å²) in [4.78, 5) is 11.8. The van der Waals surface area contributed by atoms with Gasteiger partial charge in [0.05, 0.1) is 29.5 Å². The zero-order valence-corrected chi connectivity index (χ0v) is 23.0. The fourth-order valence-corrected chi connectivity index (χ4v) is 9.89. The molecule has 0 unspecified atom stereocenters. The lowest BCUT2D eigenvalue weighted by molar-refractivity contribution is -0.323. The summed E-state index contributed by atoms with van der Waals surface area (Å²) in [6.07, 6.45) is -1.39.